The summed E-state index contributed by atoms with van der Waals surface area (Å²) in [6.07, 6.45) is 0. The van der Waals surface area contributed by atoms with Crippen LogP contribution in [0, 0.1) is 0 Å². The van der Waals surface area contributed by atoms with Crippen LogP contribution in [0.4, 0.5) is 0 Å². The SMILES string of the molecule is CC(=O)N[C@@H](C)C(=O)CS. The van der Waals surface area contributed by atoms with Crippen molar-refractivity contribution < 1.29 is 9.59 Å². The first-order valence-corrected chi connectivity index (χ1v) is 3.62. The number of nitrogens with one attached hydrogen (secondary N) is 1. The van der Waals surface area contributed by atoms with E-state index in [4.69, 9.17) is 0 Å². The highest BCUT2D eigenvalue weighted by atomic mass is 32.1. The van der Waals surface area contributed by atoms with Gasteiger partial charge in [-0.05, 0) is 6.92 Å². The molecule has 0 rings (SSSR count). The van der Waals surface area contributed by atoms with Gasteiger partial charge >= 0.3 is 0 Å². The van der Waals surface area contributed by atoms with Gasteiger partial charge in [-0.25, -0.2) is 0 Å². The van der Waals surface area contributed by atoms with Gasteiger partial charge in [-0.15, -0.1) is 0 Å². The van der Waals surface area contributed by atoms with Crippen LogP contribution in [0.15, 0.2) is 0 Å². The molecule has 1 atom stereocenters. The van der Waals surface area contributed by atoms with Crippen molar-refractivity contribution in [2.24, 2.45) is 0 Å². The number of carbonyl (C=O) groups is 2. The number of ketones is 1. The lowest BCUT2D eigenvalue weighted by Gasteiger charge is -2.08. The lowest BCUT2D eigenvalue weighted by Crippen LogP contribution is -2.37. The van der Waals surface area contributed by atoms with Gasteiger partial charge in [0.15, 0.2) is 5.78 Å². The monoisotopic (exact) mass is 161 g/mol. The Labute approximate surface area is 65.6 Å². The van der Waals surface area contributed by atoms with Crippen LogP contribution >= 0.6 is 12.6 Å². The van der Waals surface area contributed by atoms with Crippen LogP contribution in [0.1, 0.15) is 13.8 Å². The number of hydrogen-bond acceptors (Lipinski definition) is 3. The summed E-state index contributed by atoms with van der Waals surface area (Å²) in [7, 11) is 0. The molecule has 0 unspecified atom stereocenters. The molecule has 0 aliphatic carbocycles. The Kier molecular flexibility index (Phi) is 4.11. The van der Waals surface area contributed by atoms with Crippen molar-refractivity contribution in [1.82, 2.24) is 5.32 Å². The zero-order valence-corrected chi connectivity index (χ0v) is 6.94. The number of thiol groups is 1. The number of rotatable bonds is 3. The average Bonchev–Trinajstić information content (AvgIpc) is 1.85. The quantitative estimate of drug-likeness (QED) is 0.573. The average molecular weight is 161 g/mol. The van der Waals surface area contributed by atoms with Crippen LogP contribution in [-0.4, -0.2) is 23.5 Å². The van der Waals surface area contributed by atoms with Crippen molar-refractivity contribution >= 4 is 24.3 Å². The summed E-state index contributed by atoms with van der Waals surface area (Å²) in [5, 5.41) is 2.46. The van der Waals surface area contributed by atoms with E-state index in [-0.39, 0.29) is 17.4 Å². The van der Waals surface area contributed by atoms with E-state index in [1.807, 2.05) is 0 Å². The molecule has 0 bridgehead atoms. The van der Waals surface area contributed by atoms with Crippen LogP contribution in [0.5, 0.6) is 0 Å². The molecule has 0 aromatic rings. The Morgan fingerprint density at radius 2 is 2.10 bits per heavy atom. The van der Waals surface area contributed by atoms with E-state index in [0.29, 0.717) is 0 Å². The van der Waals surface area contributed by atoms with Gasteiger partial charge in [-0.1, -0.05) is 0 Å². The van der Waals surface area contributed by atoms with Crippen molar-refractivity contribution in [1.29, 1.82) is 0 Å². The van der Waals surface area contributed by atoms with Crippen LogP contribution in [0.25, 0.3) is 0 Å². The summed E-state index contributed by atoms with van der Waals surface area (Å²) in [5.74, 6) is -0.0947. The van der Waals surface area contributed by atoms with Gasteiger partial charge in [0.1, 0.15) is 0 Å². The normalized spacial score (nSPS) is 12.3. The second kappa shape index (κ2) is 4.33. The van der Waals surface area contributed by atoms with Crippen LogP contribution in [0.2, 0.25) is 0 Å². The molecule has 0 heterocycles. The van der Waals surface area contributed by atoms with Crippen molar-refractivity contribution in [2.75, 3.05) is 5.75 Å². The number of carbonyl (C=O) groups excluding carboxylic acids is 2. The molecular weight excluding hydrogens is 150 g/mol. The third-order valence-corrected chi connectivity index (χ3v) is 1.37. The summed E-state index contributed by atoms with van der Waals surface area (Å²) in [5.41, 5.74) is 0. The predicted octanol–water partition coefficient (Wildman–Crippen LogP) is 0.00990. The van der Waals surface area contributed by atoms with Crippen molar-refractivity contribution in [2.45, 2.75) is 19.9 Å². The summed E-state index contributed by atoms with van der Waals surface area (Å²) in [6, 6.07) is -0.407. The fourth-order valence-electron chi connectivity index (χ4n) is 0.522. The first-order valence-electron chi connectivity index (χ1n) is 2.98. The summed E-state index contributed by atoms with van der Waals surface area (Å²) < 4.78 is 0. The number of hydrogen-bond donors (Lipinski definition) is 2. The van der Waals surface area contributed by atoms with E-state index < -0.39 is 6.04 Å². The molecule has 1 amide bonds. The molecule has 4 heteroatoms. The molecule has 0 fully saturated rings. The number of amides is 1. The molecule has 0 radical (unpaired) electrons. The van der Waals surface area contributed by atoms with Gasteiger partial charge in [-0.3, -0.25) is 9.59 Å². The second-order valence-corrected chi connectivity index (χ2v) is 2.36. The smallest absolute Gasteiger partial charge is 0.217 e. The Bertz CT molecular complexity index is 147. The Balaban J connectivity index is 3.72. The topological polar surface area (TPSA) is 46.2 Å². The predicted molar refractivity (Wildman–Crippen MR) is 42.1 cm³/mol. The fourth-order valence-corrected chi connectivity index (χ4v) is 0.796. The lowest BCUT2D eigenvalue weighted by atomic mass is 10.2. The minimum atomic E-state index is -0.407. The zero-order valence-electron chi connectivity index (χ0n) is 6.05. The molecule has 0 spiro atoms. The molecule has 0 aliphatic rings. The fraction of sp³-hybridized carbons (Fsp3) is 0.667. The molecule has 0 aromatic carbocycles. The molecular formula is C6H11NO2S. The van der Waals surface area contributed by atoms with Crippen molar-refractivity contribution in [3.8, 4) is 0 Å². The third-order valence-electron chi connectivity index (χ3n) is 1.06. The maximum atomic E-state index is 10.8. The molecule has 3 nitrogen and oxygen atoms in total. The van der Waals surface area contributed by atoms with Crippen molar-refractivity contribution in [3.63, 3.8) is 0 Å². The van der Waals surface area contributed by atoms with Gasteiger partial charge in [0.2, 0.25) is 5.91 Å². The maximum absolute atomic E-state index is 10.8. The minimum absolute atomic E-state index is 0.0708. The summed E-state index contributed by atoms with van der Waals surface area (Å²) in [4.78, 5) is 21.1. The highest BCUT2D eigenvalue weighted by molar-refractivity contribution is 7.81. The lowest BCUT2D eigenvalue weighted by molar-refractivity contribution is -0.125. The zero-order chi connectivity index (χ0) is 8.15. The molecule has 10 heavy (non-hydrogen) atoms. The first kappa shape index (κ1) is 9.49. The van der Waals surface area contributed by atoms with Crippen molar-refractivity contribution in [3.05, 3.63) is 0 Å². The van der Waals surface area contributed by atoms with E-state index in [2.05, 4.69) is 17.9 Å². The molecule has 0 saturated carbocycles. The van der Waals surface area contributed by atoms with E-state index in [9.17, 15) is 9.59 Å². The van der Waals surface area contributed by atoms with Crippen LogP contribution < -0.4 is 5.32 Å². The molecule has 0 saturated heterocycles. The maximum Gasteiger partial charge on any atom is 0.217 e. The van der Waals surface area contributed by atoms with Gasteiger partial charge < -0.3 is 5.32 Å². The Morgan fingerprint density at radius 1 is 1.60 bits per heavy atom. The highest BCUT2D eigenvalue weighted by Gasteiger charge is 2.10. The van der Waals surface area contributed by atoms with Gasteiger partial charge in [0, 0.05) is 6.92 Å². The number of Topliss-reactive ketones (excluding diaryl/α,β-unsaturated/α-hetero) is 1. The van der Waals surface area contributed by atoms with Gasteiger partial charge in [0.25, 0.3) is 0 Å². The summed E-state index contributed by atoms with van der Waals surface area (Å²) in [6.45, 7) is 3.02. The third kappa shape index (κ3) is 3.50. The van der Waals surface area contributed by atoms with Crippen LogP contribution in [-0.2, 0) is 9.59 Å². The standard InChI is InChI=1S/C6H11NO2S/c1-4(6(9)3-10)7-5(2)8/h4,10H,3H2,1-2H3,(H,7,8)/t4-/m0/s1. The Hall–Kier alpha value is -0.510. The van der Waals surface area contributed by atoms with Gasteiger partial charge in [0.05, 0.1) is 11.8 Å². The molecule has 0 aliphatic heterocycles. The molecule has 1 N–H and O–H groups in total. The van der Waals surface area contributed by atoms with Gasteiger partial charge in [-0.2, -0.15) is 12.6 Å². The minimum Gasteiger partial charge on any atom is -0.347 e. The largest absolute Gasteiger partial charge is 0.347 e. The van der Waals surface area contributed by atoms with E-state index >= 15 is 0 Å². The second-order valence-electron chi connectivity index (χ2n) is 2.05. The highest BCUT2D eigenvalue weighted by Crippen LogP contribution is 1.86. The Morgan fingerprint density at radius 3 is 2.40 bits per heavy atom. The first-order chi connectivity index (χ1) is 4.57. The van der Waals surface area contributed by atoms with E-state index in [1.54, 1.807) is 6.92 Å². The molecule has 0 aromatic heterocycles. The summed E-state index contributed by atoms with van der Waals surface area (Å²) >= 11 is 3.78. The van der Waals surface area contributed by atoms with E-state index in [1.165, 1.54) is 6.92 Å². The van der Waals surface area contributed by atoms with E-state index in [0.717, 1.165) is 0 Å². The van der Waals surface area contributed by atoms with Crippen LogP contribution in [0.3, 0.4) is 0 Å². The molecule has 58 valence electrons.